The van der Waals surface area contributed by atoms with Crippen molar-refractivity contribution in [3.8, 4) is 0 Å². The van der Waals surface area contributed by atoms with Crippen LogP contribution in [0.25, 0.3) is 0 Å². The van der Waals surface area contributed by atoms with Gasteiger partial charge in [0.15, 0.2) is 5.82 Å². The fraction of sp³-hybridized carbons (Fsp3) is 0.714. The molecule has 1 aromatic heterocycles. The monoisotopic (exact) mass is 298 g/mol. The van der Waals surface area contributed by atoms with Crippen molar-refractivity contribution in [2.45, 2.75) is 38.8 Å². The summed E-state index contributed by atoms with van der Waals surface area (Å²) in [4.78, 5) is 8.71. The van der Waals surface area contributed by atoms with Crippen molar-refractivity contribution in [3.05, 3.63) is 11.9 Å². The molecule has 0 radical (unpaired) electrons. The number of rotatable bonds is 10. The molecular formula is C14H26N4O3. The van der Waals surface area contributed by atoms with E-state index < -0.39 is 5.54 Å². The highest BCUT2D eigenvalue weighted by Crippen LogP contribution is 2.19. The average Bonchev–Trinajstić information content (AvgIpc) is 2.51. The summed E-state index contributed by atoms with van der Waals surface area (Å²) in [6.45, 7) is 4.72. The molecule has 0 fully saturated rings. The van der Waals surface area contributed by atoms with Gasteiger partial charge in [-0.1, -0.05) is 13.8 Å². The second kappa shape index (κ2) is 8.76. The Morgan fingerprint density at radius 1 is 1.19 bits per heavy atom. The van der Waals surface area contributed by atoms with Crippen molar-refractivity contribution < 1.29 is 14.9 Å². The molecular weight excluding hydrogens is 272 g/mol. The maximum absolute atomic E-state index is 9.52. The van der Waals surface area contributed by atoms with Crippen molar-refractivity contribution >= 4 is 11.6 Å². The summed E-state index contributed by atoms with van der Waals surface area (Å²) in [5.41, 5.74) is -0.791. The van der Waals surface area contributed by atoms with E-state index in [1.165, 1.54) is 0 Å². The van der Waals surface area contributed by atoms with Crippen LogP contribution >= 0.6 is 0 Å². The molecule has 1 heterocycles. The summed E-state index contributed by atoms with van der Waals surface area (Å²) in [5.74, 6) is 1.80. The zero-order valence-corrected chi connectivity index (χ0v) is 13.0. The Labute approximate surface area is 125 Å². The van der Waals surface area contributed by atoms with E-state index >= 15 is 0 Å². The van der Waals surface area contributed by atoms with Crippen LogP contribution in [0.1, 0.15) is 32.5 Å². The normalized spacial score (nSPS) is 11.5. The van der Waals surface area contributed by atoms with E-state index in [1.807, 2.05) is 6.92 Å². The van der Waals surface area contributed by atoms with Crippen LogP contribution in [0, 0.1) is 0 Å². The summed E-state index contributed by atoms with van der Waals surface area (Å²) >= 11 is 0. The maximum atomic E-state index is 9.52. The smallest absolute Gasteiger partial charge is 0.158 e. The topological polar surface area (TPSA) is 99.5 Å². The number of aliphatic hydroxyl groups excluding tert-OH is 2. The van der Waals surface area contributed by atoms with Gasteiger partial charge >= 0.3 is 0 Å². The van der Waals surface area contributed by atoms with Gasteiger partial charge in [0.25, 0.3) is 0 Å². The highest BCUT2D eigenvalue weighted by Gasteiger charge is 2.27. The molecule has 0 atom stereocenters. The van der Waals surface area contributed by atoms with Gasteiger partial charge in [0, 0.05) is 19.7 Å². The Balaban J connectivity index is 3.00. The van der Waals surface area contributed by atoms with E-state index in [9.17, 15) is 10.2 Å². The van der Waals surface area contributed by atoms with Crippen molar-refractivity contribution in [2.75, 3.05) is 37.5 Å². The summed E-state index contributed by atoms with van der Waals surface area (Å²) in [5, 5.41) is 25.3. The molecule has 4 N–H and O–H groups in total. The first-order valence-electron chi connectivity index (χ1n) is 7.23. The first-order chi connectivity index (χ1) is 10.1. The molecule has 0 bridgehead atoms. The van der Waals surface area contributed by atoms with Crippen LogP contribution < -0.4 is 10.6 Å². The van der Waals surface area contributed by atoms with Crippen LogP contribution in [-0.2, 0) is 11.3 Å². The molecule has 0 saturated heterocycles. The number of ether oxygens (including phenoxy) is 1. The Kier molecular flexibility index (Phi) is 7.35. The molecule has 1 rings (SSSR count). The lowest BCUT2D eigenvalue weighted by molar-refractivity contribution is 0.132. The molecule has 0 aliphatic carbocycles. The van der Waals surface area contributed by atoms with E-state index in [0.717, 1.165) is 13.0 Å². The van der Waals surface area contributed by atoms with Gasteiger partial charge in [-0.25, -0.2) is 9.97 Å². The van der Waals surface area contributed by atoms with Gasteiger partial charge in [-0.15, -0.1) is 0 Å². The number of aliphatic hydroxyl groups is 2. The highest BCUT2D eigenvalue weighted by molar-refractivity contribution is 5.49. The molecule has 0 amide bonds. The van der Waals surface area contributed by atoms with Gasteiger partial charge in [-0.3, -0.25) is 0 Å². The summed E-state index contributed by atoms with van der Waals surface area (Å²) < 4.78 is 5.07. The fourth-order valence-electron chi connectivity index (χ4n) is 1.81. The molecule has 7 heteroatoms. The van der Waals surface area contributed by atoms with E-state index in [0.29, 0.717) is 30.5 Å². The van der Waals surface area contributed by atoms with Gasteiger partial charge in [0.05, 0.1) is 18.8 Å². The molecule has 0 aliphatic rings. The number of methoxy groups -OCH3 is 1. The largest absolute Gasteiger partial charge is 0.394 e. The molecule has 0 aliphatic heterocycles. The van der Waals surface area contributed by atoms with E-state index in [-0.39, 0.29) is 13.2 Å². The van der Waals surface area contributed by atoms with E-state index in [1.54, 1.807) is 13.2 Å². The number of hydrogen-bond acceptors (Lipinski definition) is 7. The maximum Gasteiger partial charge on any atom is 0.158 e. The summed E-state index contributed by atoms with van der Waals surface area (Å²) in [7, 11) is 1.58. The van der Waals surface area contributed by atoms with Crippen LogP contribution in [0.3, 0.4) is 0 Å². The van der Waals surface area contributed by atoms with Crippen LogP contribution in [0.15, 0.2) is 6.07 Å². The summed E-state index contributed by atoms with van der Waals surface area (Å²) in [6, 6.07) is 1.77. The first kappa shape index (κ1) is 17.6. The number of aromatic nitrogens is 2. The molecule has 0 aromatic carbocycles. The predicted octanol–water partition coefficient (Wildman–Crippen LogP) is 0.990. The fourth-order valence-corrected chi connectivity index (χ4v) is 1.81. The van der Waals surface area contributed by atoms with Crippen molar-refractivity contribution in [3.63, 3.8) is 0 Å². The SMILES string of the molecule is CCCNc1cc(NC(CC)(CO)CO)nc(COC)n1. The highest BCUT2D eigenvalue weighted by atomic mass is 16.5. The third-order valence-electron chi connectivity index (χ3n) is 3.28. The third kappa shape index (κ3) is 5.11. The Hall–Kier alpha value is -1.44. The molecule has 0 saturated carbocycles. The quantitative estimate of drug-likeness (QED) is 0.511. The number of nitrogens with zero attached hydrogens (tertiary/aromatic N) is 2. The van der Waals surface area contributed by atoms with Gasteiger partial charge < -0.3 is 25.6 Å². The lowest BCUT2D eigenvalue weighted by atomic mass is 9.98. The van der Waals surface area contributed by atoms with Crippen molar-refractivity contribution in [1.29, 1.82) is 0 Å². The van der Waals surface area contributed by atoms with Crippen LogP contribution in [0.5, 0.6) is 0 Å². The van der Waals surface area contributed by atoms with E-state index in [2.05, 4.69) is 27.5 Å². The van der Waals surface area contributed by atoms with Crippen LogP contribution in [0.2, 0.25) is 0 Å². The van der Waals surface area contributed by atoms with Gasteiger partial charge in [-0.2, -0.15) is 0 Å². The Morgan fingerprint density at radius 3 is 2.38 bits per heavy atom. The molecule has 21 heavy (non-hydrogen) atoms. The number of hydrogen-bond donors (Lipinski definition) is 4. The van der Waals surface area contributed by atoms with E-state index in [4.69, 9.17) is 4.74 Å². The molecule has 120 valence electrons. The summed E-state index contributed by atoms with van der Waals surface area (Å²) in [6.07, 6.45) is 1.56. The molecule has 1 aromatic rings. The van der Waals surface area contributed by atoms with Crippen LogP contribution in [-0.4, -0.2) is 52.6 Å². The minimum absolute atomic E-state index is 0.179. The van der Waals surface area contributed by atoms with Gasteiger partial charge in [-0.05, 0) is 12.8 Å². The lowest BCUT2D eigenvalue weighted by Crippen LogP contribution is -2.45. The number of anilines is 2. The standard InChI is InChI=1S/C14H26N4O3/c1-4-6-15-11-7-12(17-13(16-11)8-21-3)18-14(5-2,9-19)10-20/h7,19-20H,4-6,8-10H2,1-3H3,(H2,15,16,17,18). The minimum Gasteiger partial charge on any atom is -0.394 e. The van der Waals surface area contributed by atoms with Crippen molar-refractivity contribution in [2.24, 2.45) is 0 Å². The van der Waals surface area contributed by atoms with Gasteiger partial charge in [0.1, 0.15) is 18.2 Å². The van der Waals surface area contributed by atoms with Gasteiger partial charge in [0.2, 0.25) is 0 Å². The zero-order chi connectivity index (χ0) is 15.7. The first-order valence-corrected chi connectivity index (χ1v) is 7.23. The predicted molar refractivity (Wildman–Crippen MR) is 82.3 cm³/mol. The average molecular weight is 298 g/mol. The minimum atomic E-state index is -0.791. The molecule has 0 unspecified atom stereocenters. The Morgan fingerprint density at radius 2 is 1.86 bits per heavy atom. The third-order valence-corrected chi connectivity index (χ3v) is 3.28. The Bertz CT molecular complexity index is 416. The second-order valence-electron chi connectivity index (χ2n) is 4.99. The number of nitrogens with one attached hydrogen (secondary N) is 2. The lowest BCUT2D eigenvalue weighted by Gasteiger charge is -2.30. The zero-order valence-electron chi connectivity index (χ0n) is 13.0. The van der Waals surface area contributed by atoms with Crippen molar-refractivity contribution in [1.82, 2.24) is 9.97 Å². The molecule has 7 nitrogen and oxygen atoms in total. The second-order valence-corrected chi connectivity index (χ2v) is 4.99. The molecule has 0 spiro atoms. The van der Waals surface area contributed by atoms with Crippen LogP contribution in [0.4, 0.5) is 11.6 Å².